The van der Waals surface area contributed by atoms with Crippen molar-refractivity contribution in [3.8, 4) is 5.69 Å². The zero-order chi connectivity index (χ0) is 9.97. The topological polar surface area (TPSA) is 30.7 Å². The maximum atomic E-state index is 5.81. The zero-order valence-electron chi connectivity index (χ0n) is 7.81. The van der Waals surface area contributed by atoms with Crippen LogP contribution in [0.3, 0.4) is 0 Å². The van der Waals surface area contributed by atoms with Gasteiger partial charge in [-0.05, 0) is 18.6 Å². The van der Waals surface area contributed by atoms with Gasteiger partial charge in [0.1, 0.15) is 0 Å². The molecule has 0 N–H and O–H groups in total. The molecule has 0 fully saturated rings. The molecule has 0 aliphatic carbocycles. The maximum absolute atomic E-state index is 5.81. The van der Waals surface area contributed by atoms with Crippen molar-refractivity contribution in [2.45, 2.75) is 12.8 Å². The highest BCUT2D eigenvalue weighted by Crippen LogP contribution is 2.14. The molecular formula is C10H10ClN3. The van der Waals surface area contributed by atoms with Crippen LogP contribution in [0.5, 0.6) is 0 Å². The van der Waals surface area contributed by atoms with Crippen molar-refractivity contribution in [3.05, 3.63) is 42.0 Å². The Morgan fingerprint density at radius 1 is 1.43 bits per heavy atom. The highest BCUT2D eigenvalue weighted by atomic mass is 35.5. The molecule has 0 aliphatic heterocycles. The lowest BCUT2D eigenvalue weighted by atomic mass is 10.2. The number of pyridine rings is 1. The summed E-state index contributed by atoms with van der Waals surface area (Å²) in [6.07, 6.45) is 7.28. The van der Waals surface area contributed by atoms with Crippen LogP contribution in [0.15, 0.2) is 30.9 Å². The first kappa shape index (κ1) is 9.21. The molecule has 0 atom stereocenters. The second kappa shape index (κ2) is 3.80. The number of alkyl halides is 1. The van der Waals surface area contributed by atoms with Crippen LogP contribution in [0, 0.1) is 6.92 Å². The maximum Gasteiger partial charge on any atom is 0.0720 e. The minimum absolute atomic E-state index is 0.447. The molecule has 0 amide bonds. The summed E-state index contributed by atoms with van der Waals surface area (Å²) in [5.41, 5.74) is 3.10. The van der Waals surface area contributed by atoms with E-state index in [1.807, 2.05) is 30.1 Å². The minimum atomic E-state index is 0.447. The summed E-state index contributed by atoms with van der Waals surface area (Å²) in [4.78, 5) is 4.02. The van der Waals surface area contributed by atoms with Crippen LogP contribution >= 0.6 is 11.6 Å². The zero-order valence-corrected chi connectivity index (χ0v) is 8.57. The van der Waals surface area contributed by atoms with Gasteiger partial charge < -0.3 is 0 Å². The molecule has 2 aromatic rings. The fourth-order valence-corrected chi connectivity index (χ4v) is 1.50. The van der Waals surface area contributed by atoms with Crippen LogP contribution in [-0.4, -0.2) is 14.8 Å². The Labute approximate surface area is 87.3 Å². The van der Waals surface area contributed by atoms with Crippen molar-refractivity contribution in [2.24, 2.45) is 0 Å². The Bertz CT molecular complexity index is 436. The van der Waals surface area contributed by atoms with Crippen molar-refractivity contribution in [2.75, 3.05) is 0 Å². The standard InChI is InChI=1S/C10H10ClN3/c1-8-5-13-14(7-8)10-2-3-12-6-9(10)4-11/h2-3,5-7H,4H2,1H3. The summed E-state index contributed by atoms with van der Waals surface area (Å²) >= 11 is 5.81. The van der Waals surface area contributed by atoms with Crippen LogP contribution in [-0.2, 0) is 5.88 Å². The Morgan fingerprint density at radius 3 is 2.93 bits per heavy atom. The average molecular weight is 208 g/mol. The van der Waals surface area contributed by atoms with Gasteiger partial charge in [0.25, 0.3) is 0 Å². The van der Waals surface area contributed by atoms with Crippen LogP contribution in [0.4, 0.5) is 0 Å². The van der Waals surface area contributed by atoms with E-state index in [1.165, 1.54) is 0 Å². The monoisotopic (exact) mass is 207 g/mol. The van der Waals surface area contributed by atoms with Gasteiger partial charge in [-0.25, -0.2) is 4.68 Å². The van der Waals surface area contributed by atoms with E-state index in [1.54, 1.807) is 12.4 Å². The van der Waals surface area contributed by atoms with Crippen molar-refractivity contribution in [1.82, 2.24) is 14.8 Å². The number of aryl methyl sites for hydroxylation is 1. The molecular weight excluding hydrogens is 198 g/mol. The van der Waals surface area contributed by atoms with Gasteiger partial charge in [0.05, 0.1) is 17.8 Å². The third-order valence-corrected chi connectivity index (χ3v) is 2.27. The SMILES string of the molecule is Cc1cnn(-c2ccncc2CCl)c1. The summed E-state index contributed by atoms with van der Waals surface area (Å²) in [5.74, 6) is 0.447. The van der Waals surface area contributed by atoms with Gasteiger partial charge in [-0.2, -0.15) is 5.10 Å². The van der Waals surface area contributed by atoms with Crippen LogP contribution in [0.1, 0.15) is 11.1 Å². The number of rotatable bonds is 2. The predicted octanol–water partition coefficient (Wildman–Crippen LogP) is 2.31. The number of nitrogens with zero attached hydrogens (tertiary/aromatic N) is 3. The molecule has 0 aromatic carbocycles. The van der Waals surface area contributed by atoms with Gasteiger partial charge >= 0.3 is 0 Å². The molecule has 0 unspecified atom stereocenters. The first-order valence-electron chi connectivity index (χ1n) is 4.32. The molecule has 0 radical (unpaired) electrons. The normalized spacial score (nSPS) is 10.4. The van der Waals surface area contributed by atoms with Crippen molar-refractivity contribution in [1.29, 1.82) is 0 Å². The molecule has 2 heterocycles. The summed E-state index contributed by atoms with van der Waals surface area (Å²) in [6.45, 7) is 2.01. The average Bonchev–Trinajstić information content (AvgIpc) is 2.65. The molecule has 3 nitrogen and oxygen atoms in total. The third-order valence-electron chi connectivity index (χ3n) is 1.98. The van der Waals surface area contributed by atoms with Crippen LogP contribution in [0.2, 0.25) is 0 Å². The molecule has 4 heteroatoms. The lowest BCUT2D eigenvalue weighted by Gasteiger charge is -2.05. The minimum Gasteiger partial charge on any atom is -0.264 e. The second-order valence-corrected chi connectivity index (χ2v) is 3.37. The molecule has 72 valence electrons. The van der Waals surface area contributed by atoms with Crippen LogP contribution in [0.25, 0.3) is 5.69 Å². The van der Waals surface area contributed by atoms with E-state index < -0.39 is 0 Å². The van der Waals surface area contributed by atoms with E-state index >= 15 is 0 Å². The molecule has 0 aliphatic rings. The van der Waals surface area contributed by atoms with Crippen molar-refractivity contribution < 1.29 is 0 Å². The second-order valence-electron chi connectivity index (χ2n) is 3.10. The molecule has 2 aromatic heterocycles. The summed E-state index contributed by atoms with van der Waals surface area (Å²) in [5, 5.41) is 4.22. The highest BCUT2D eigenvalue weighted by molar-refractivity contribution is 6.17. The van der Waals surface area contributed by atoms with Gasteiger partial charge in [-0.15, -0.1) is 11.6 Å². The Balaban J connectivity index is 2.50. The number of hydrogen-bond acceptors (Lipinski definition) is 2. The fraction of sp³-hybridized carbons (Fsp3) is 0.200. The summed E-state index contributed by atoms with van der Waals surface area (Å²) in [6, 6.07) is 1.91. The summed E-state index contributed by atoms with van der Waals surface area (Å²) in [7, 11) is 0. The van der Waals surface area contributed by atoms with Crippen molar-refractivity contribution in [3.63, 3.8) is 0 Å². The van der Waals surface area contributed by atoms with E-state index in [9.17, 15) is 0 Å². The van der Waals surface area contributed by atoms with Gasteiger partial charge in [0.2, 0.25) is 0 Å². The smallest absolute Gasteiger partial charge is 0.0720 e. The Morgan fingerprint density at radius 2 is 2.29 bits per heavy atom. The molecule has 0 saturated carbocycles. The number of aromatic nitrogens is 3. The van der Waals surface area contributed by atoms with E-state index in [0.29, 0.717) is 5.88 Å². The van der Waals surface area contributed by atoms with Gasteiger partial charge in [-0.3, -0.25) is 4.98 Å². The lowest BCUT2D eigenvalue weighted by Crippen LogP contribution is -1.99. The summed E-state index contributed by atoms with van der Waals surface area (Å²) < 4.78 is 1.81. The molecule has 2 rings (SSSR count). The molecule has 0 spiro atoms. The van der Waals surface area contributed by atoms with E-state index in [-0.39, 0.29) is 0 Å². The van der Waals surface area contributed by atoms with E-state index in [4.69, 9.17) is 11.6 Å². The first-order chi connectivity index (χ1) is 6.81. The van der Waals surface area contributed by atoms with Gasteiger partial charge in [0.15, 0.2) is 0 Å². The largest absolute Gasteiger partial charge is 0.264 e. The van der Waals surface area contributed by atoms with E-state index in [2.05, 4.69) is 10.1 Å². The lowest BCUT2D eigenvalue weighted by molar-refractivity contribution is 0.866. The van der Waals surface area contributed by atoms with E-state index in [0.717, 1.165) is 16.8 Å². The Hall–Kier alpha value is -1.35. The third kappa shape index (κ3) is 1.63. The predicted molar refractivity (Wildman–Crippen MR) is 55.7 cm³/mol. The number of halogens is 1. The number of hydrogen-bond donors (Lipinski definition) is 0. The van der Waals surface area contributed by atoms with Crippen LogP contribution < -0.4 is 0 Å². The molecule has 14 heavy (non-hydrogen) atoms. The quantitative estimate of drug-likeness (QED) is 0.708. The Kier molecular flexibility index (Phi) is 2.50. The van der Waals surface area contributed by atoms with Crippen molar-refractivity contribution >= 4 is 11.6 Å². The van der Waals surface area contributed by atoms with Gasteiger partial charge in [0, 0.05) is 24.2 Å². The molecule has 0 bridgehead atoms. The first-order valence-corrected chi connectivity index (χ1v) is 4.85. The van der Waals surface area contributed by atoms with Gasteiger partial charge in [-0.1, -0.05) is 0 Å². The highest BCUT2D eigenvalue weighted by Gasteiger charge is 2.03. The molecule has 0 saturated heterocycles. The fourth-order valence-electron chi connectivity index (χ4n) is 1.29.